The molecule has 0 bridgehead atoms. The van der Waals surface area contributed by atoms with E-state index < -0.39 is 10.0 Å². The number of rotatable bonds is 6. The zero-order chi connectivity index (χ0) is 18.9. The Labute approximate surface area is 162 Å². The third kappa shape index (κ3) is 4.01. The van der Waals surface area contributed by atoms with E-state index in [1.165, 1.54) is 11.3 Å². The number of aryl methyl sites for hydroxylation is 1. The second-order valence-electron chi connectivity index (χ2n) is 6.11. The lowest BCUT2D eigenvalue weighted by Gasteiger charge is -2.07. The van der Waals surface area contributed by atoms with Crippen LogP contribution < -0.4 is 4.72 Å². The largest absolute Gasteiger partial charge is 0.345 e. The highest BCUT2D eigenvalue weighted by molar-refractivity contribution is 7.89. The molecule has 0 spiro atoms. The van der Waals surface area contributed by atoms with Crippen LogP contribution in [0.3, 0.4) is 0 Å². The van der Waals surface area contributed by atoms with E-state index in [9.17, 15) is 8.42 Å². The van der Waals surface area contributed by atoms with Crippen LogP contribution in [0.5, 0.6) is 0 Å². The van der Waals surface area contributed by atoms with Crippen molar-refractivity contribution in [1.82, 2.24) is 14.3 Å². The average Bonchev–Trinajstić information content (AvgIpc) is 3.14. The van der Waals surface area contributed by atoms with Crippen molar-refractivity contribution in [1.29, 1.82) is 0 Å². The molecule has 0 radical (unpaired) electrons. The van der Waals surface area contributed by atoms with Crippen LogP contribution >= 0.6 is 22.9 Å². The molecule has 0 aliphatic rings. The van der Waals surface area contributed by atoms with E-state index in [0.717, 1.165) is 22.0 Å². The van der Waals surface area contributed by atoms with Gasteiger partial charge in [0.2, 0.25) is 10.0 Å². The summed E-state index contributed by atoms with van der Waals surface area (Å²) in [5.41, 5.74) is 3.45. The van der Waals surface area contributed by atoms with Gasteiger partial charge in [-0.05, 0) is 44.0 Å². The third-order valence-electron chi connectivity index (χ3n) is 4.24. The molecule has 1 N–H and O–H groups in total. The molecule has 8 heteroatoms. The Hall–Kier alpha value is -1.67. The SMILES string of the molecule is Cc1csc(-c2cc(S(=O)(=O)NCCc3ccc(Cl)cc3)c(C)n2C)n1. The van der Waals surface area contributed by atoms with Crippen molar-refractivity contribution < 1.29 is 8.42 Å². The van der Waals surface area contributed by atoms with Crippen molar-refractivity contribution in [3.05, 3.63) is 57.7 Å². The first kappa shape index (κ1) is 19.1. The van der Waals surface area contributed by atoms with Gasteiger partial charge >= 0.3 is 0 Å². The molecule has 5 nitrogen and oxygen atoms in total. The molecule has 0 saturated heterocycles. The molecule has 0 unspecified atom stereocenters. The second-order valence-corrected chi connectivity index (χ2v) is 9.14. The van der Waals surface area contributed by atoms with Crippen LogP contribution in [-0.2, 0) is 23.5 Å². The van der Waals surface area contributed by atoms with E-state index in [2.05, 4.69) is 9.71 Å². The lowest BCUT2D eigenvalue weighted by Crippen LogP contribution is -2.26. The number of aromatic nitrogens is 2. The van der Waals surface area contributed by atoms with Gasteiger partial charge in [-0.3, -0.25) is 0 Å². The van der Waals surface area contributed by atoms with Crippen LogP contribution in [0.2, 0.25) is 5.02 Å². The first-order chi connectivity index (χ1) is 12.3. The maximum atomic E-state index is 12.7. The molecular weight excluding hydrogens is 390 g/mol. The fraction of sp³-hybridized carbons (Fsp3) is 0.278. The predicted molar refractivity (Wildman–Crippen MR) is 106 cm³/mol. The van der Waals surface area contributed by atoms with Crippen molar-refractivity contribution in [2.75, 3.05) is 6.54 Å². The summed E-state index contributed by atoms with van der Waals surface area (Å²) < 4.78 is 30.0. The Morgan fingerprint density at radius 2 is 1.92 bits per heavy atom. The summed E-state index contributed by atoms with van der Waals surface area (Å²) in [4.78, 5) is 4.75. The van der Waals surface area contributed by atoms with E-state index in [0.29, 0.717) is 28.6 Å². The van der Waals surface area contributed by atoms with Gasteiger partial charge in [-0.15, -0.1) is 11.3 Å². The van der Waals surface area contributed by atoms with Gasteiger partial charge in [0.15, 0.2) is 0 Å². The fourth-order valence-electron chi connectivity index (χ4n) is 2.68. The van der Waals surface area contributed by atoms with Crippen LogP contribution in [-0.4, -0.2) is 24.5 Å². The van der Waals surface area contributed by atoms with Crippen molar-refractivity contribution in [3.8, 4) is 10.7 Å². The van der Waals surface area contributed by atoms with Gasteiger partial charge in [0.25, 0.3) is 0 Å². The minimum absolute atomic E-state index is 0.291. The molecule has 2 heterocycles. The van der Waals surface area contributed by atoms with Crippen molar-refractivity contribution in [2.24, 2.45) is 7.05 Å². The Morgan fingerprint density at radius 3 is 2.54 bits per heavy atom. The predicted octanol–water partition coefficient (Wildman–Crippen LogP) is 3.94. The summed E-state index contributed by atoms with van der Waals surface area (Å²) in [6.45, 7) is 4.05. The maximum Gasteiger partial charge on any atom is 0.242 e. The molecule has 3 aromatic rings. The number of benzene rings is 1. The van der Waals surface area contributed by atoms with Gasteiger partial charge in [-0.1, -0.05) is 23.7 Å². The quantitative estimate of drug-likeness (QED) is 0.670. The van der Waals surface area contributed by atoms with E-state index in [1.807, 2.05) is 36.1 Å². The van der Waals surface area contributed by atoms with Gasteiger partial charge in [0.05, 0.1) is 5.69 Å². The van der Waals surface area contributed by atoms with Crippen molar-refractivity contribution >= 4 is 33.0 Å². The number of nitrogens with one attached hydrogen (secondary N) is 1. The molecule has 0 amide bonds. The molecule has 0 aliphatic heterocycles. The van der Waals surface area contributed by atoms with Gasteiger partial charge in [-0.25, -0.2) is 18.1 Å². The summed E-state index contributed by atoms with van der Waals surface area (Å²) in [5.74, 6) is 0. The third-order valence-corrected chi connectivity index (χ3v) is 7.05. The summed E-state index contributed by atoms with van der Waals surface area (Å²) >= 11 is 7.37. The van der Waals surface area contributed by atoms with E-state index in [4.69, 9.17) is 11.6 Å². The highest BCUT2D eigenvalue weighted by Gasteiger charge is 2.22. The summed E-state index contributed by atoms with van der Waals surface area (Å²) in [5, 5.41) is 3.44. The molecule has 1 aromatic carbocycles. The monoisotopic (exact) mass is 409 g/mol. The number of sulfonamides is 1. The number of halogens is 1. The van der Waals surface area contributed by atoms with E-state index >= 15 is 0 Å². The molecule has 0 saturated carbocycles. The van der Waals surface area contributed by atoms with Gasteiger partial charge < -0.3 is 4.57 Å². The molecule has 3 rings (SSSR count). The lowest BCUT2D eigenvalue weighted by atomic mass is 10.2. The first-order valence-electron chi connectivity index (χ1n) is 8.11. The van der Waals surface area contributed by atoms with Crippen LogP contribution in [0, 0.1) is 13.8 Å². The normalized spacial score (nSPS) is 11.8. The van der Waals surface area contributed by atoms with Crippen LogP contribution in [0.1, 0.15) is 17.0 Å². The highest BCUT2D eigenvalue weighted by atomic mass is 35.5. The van der Waals surface area contributed by atoms with Gasteiger partial charge in [0.1, 0.15) is 9.90 Å². The average molecular weight is 410 g/mol. The van der Waals surface area contributed by atoms with E-state index in [-0.39, 0.29) is 0 Å². The highest BCUT2D eigenvalue weighted by Crippen LogP contribution is 2.29. The lowest BCUT2D eigenvalue weighted by molar-refractivity contribution is 0.580. The molecule has 26 heavy (non-hydrogen) atoms. The zero-order valence-corrected chi connectivity index (χ0v) is 17.2. The zero-order valence-electron chi connectivity index (χ0n) is 14.8. The summed E-state index contributed by atoms with van der Waals surface area (Å²) in [7, 11) is -1.74. The standard InChI is InChI=1S/C18H20ClN3O2S2/c1-12-11-25-18(21-12)16-10-17(13(2)22(16)3)26(23,24)20-9-8-14-4-6-15(19)7-5-14/h4-7,10-11,20H,8-9H2,1-3H3. The second kappa shape index (κ2) is 7.52. The smallest absolute Gasteiger partial charge is 0.242 e. The summed E-state index contributed by atoms with van der Waals surface area (Å²) in [6.07, 6.45) is 0.598. The number of nitrogens with zero attached hydrogens (tertiary/aromatic N) is 2. The minimum atomic E-state index is -3.59. The Balaban J connectivity index is 1.77. The fourth-order valence-corrected chi connectivity index (χ4v) is 4.97. The van der Waals surface area contributed by atoms with Crippen LogP contribution in [0.25, 0.3) is 10.7 Å². The Morgan fingerprint density at radius 1 is 1.23 bits per heavy atom. The number of hydrogen-bond donors (Lipinski definition) is 1. The molecule has 2 aromatic heterocycles. The topological polar surface area (TPSA) is 64.0 Å². The maximum absolute atomic E-state index is 12.7. The Bertz CT molecular complexity index is 1020. The van der Waals surface area contributed by atoms with Crippen LogP contribution in [0.15, 0.2) is 40.6 Å². The Kier molecular flexibility index (Phi) is 5.53. The van der Waals surface area contributed by atoms with Gasteiger partial charge in [0, 0.05) is 35.4 Å². The van der Waals surface area contributed by atoms with Crippen LogP contribution in [0.4, 0.5) is 0 Å². The molecular formula is C18H20ClN3O2S2. The molecule has 138 valence electrons. The number of hydrogen-bond acceptors (Lipinski definition) is 4. The molecule has 0 atom stereocenters. The summed E-state index contributed by atoms with van der Waals surface area (Å²) in [6, 6.07) is 9.09. The first-order valence-corrected chi connectivity index (χ1v) is 10.8. The molecule has 0 aliphatic carbocycles. The van der Waals surface area contributed by atoms with Crippen molar-refractivity contribution in [2.45, 2.75) is 25.2 Å². The van der Waals surface area contributed by atoms with Gasteiger partial charge in [-0.2, -0.15) is 0 Å². The van der Waals surface area contributed by atoms with E-state index in [1.54, 1.807) is 25.1 Å². The van der Waals surface area contributed by atoms with Crippen molar-refractivity contribution in [3.63, 3.8) is 0 Å². The number of thiazole rings is 1. The molecule has 0 fully saturated rings. The minimum Gasteiger partial charge on any atom is -0.345 e.